The highest BCUT2D eigenvalue weighted by atomic mass is 16.5. The molecule has 0 saturated heterocycles. The number of methoxy groups -OCH3 is 1. The first-order chi connectivity index (χ1) is 12.3. The zero-order valence-electron chi connectivity index (χ0n) is 17.8. The second kappa shape index (κ2) is 22.0. The van der Waals surface area contributed by atoms with Gasteiger partial charge in [-0.05, 0) is 18.8 Å². The molecule has 0 spiro atoms. The van der Waals surface area contributed by atoms with E-state index in [1.165, 1.54) is 103 Å². The van der Waals surface area contributed by atoms with Gasteiger partial charge in [-0.2, -0.15) is 0 Å². The molecular formula is C23H48O2. The molecule has 0 amide bonds. The van der Waals surface area contributed by atoms with Gasteiger partial charge in [-0.3, -0.25) is 0 Å². The van der Waals surface area contributed by atoms with Crippen LogP contribution in [0, 0.1) is 5.92 Å². The third-order valence-electron chi connectivity index (χ3n) is 5.22. The minimum Gasteiger partial charge on any atom is -0.382 e. The fourth-order valence-electron chi connectivity index (χ4n) is 3.48. The Hall–Kier alpha value is -0.0800. The number of hydrogen-bond acceptors (Lipinski definition) is 2. The molecule has 2 heteroatoms. The fourth-order valence-corrected chi connectivity index (χ4v) is 3.48. The van der Waals surface area contributed by atoms with Crippen molar-refractivity contribution in [3.05, 3.63) is 0 Å². The maximum Gasteiger partial charge on any atom is 0.0700 e. The highest BCUT2D eigenvalue weighted by molar-refractivity contribution is 4.61. The zero-order chi connectivity index (χ0) is 18.4. The molecule has 0 aromatic carbocycles. The molecule has 0 fully saturated rings. The van der Waals surface area contributed by atoms with Crippen molar-refractivity contribution in [2.75, 3.05) is 26.9 Å². The van der Waals surface area contributed by atoms with E-state index in [1.54, 1.807) is 7.11 Å². The van der Waals surface area contributed by atoms with E-state index >= 15 is 0 Å². The van der Waals surface area contributed by atoms with Gasteiger partial charge < -0.3 is 9.47 Å². The summed E-state index contributed by atoms with van der Waals surface area (Å²) in [6.07, 6.45) is 22.4. The molecule has 2 nitrogen and oxygen atoms in total. The van der Waals surface area contributed by atoms with Crippen LogP contribution in [0.1, 0.15) is 117 Å². The molecule has 0 aliphatic carbocycles. The lowest BCUT2D eigenvalue weighted by Gasteiger charge is -2.17. The van der Waals surface area contributed by atoms with Crippen molar-refractivity contribution in [2.24, 2.45) is 5.92 Å². The largest absolute Gasteiger partial charge is 0.382 e. The van der Waals surface area contributed by atoms with Gasteiger partial charge in [-0.1, -0.05) is 104 Å². The monoisotopic (exact) mass is 356 g/mol. The zero-order valence-corrected chi connectivity index (χ0v) is 17.8. The molecule has 25 heavy (non-hydrogen) atoms. The van der Waals surface area contributed by atoms with Gasteiger partial charge in [0.1, 0.15) is 0 Å². The van der Waals surface area contributed by atoms with Crippen molar-refractivity contribution >= 4 is 0 Å². The summed E-state index contributed by atoms with van der Waals surface area (Å²) >= 11 is 0. The summed E-state index contributed by atoms with van der Waals surface area (Å²) in [6.45, 7) is 6.99. The molecule has 1 atom stereocenters. The Labute approximate surface area is 159 Å². The summed E-state index contributed by atoms with van der Waals surface area (Å²) in [5.74, 6) is 0.767. The first kappa shape index (κ1) is 24.9. The average molecular weight is 357 g/mol. The summed E-state index contributed by atoms with van der Waals surface area (Å²) in [4.78, 5) is 0. The highest BCUT2D eigenvalue weighted by Crippen LogP contribution is 2.20. The molecule has 0 aliphatic heterocycles. The molecule has 0 bridgehead atoms. The summed E-state index contributed by atoms with van der Waals surface area (Å²) in [5.41, 5.74) is 0. The lowest BCUT2D eigenvalue weighted by Crippen LogP contribution is -2.13. The van der Waals surface area contributed by atoms with Gasteiger partial charge in [-0.25, -0.2) is 0 Å². The molecular weight excluding hydrogens is 308 g/mol. The SMILES string of the molecule is CCCCCCCCCCC(CCCCCCCC)COCCOC. The van der Waals surface area contributed by atoms with Crippen LogP contribution in [0.4, 0.5) is 0 Å². The standard InChI is InChI=1S/C23H48O2/c1-4-6-8-10-12-13-15-17-19-23(22-25-21-20-24-3)18-16-14-11-9-7-5-2/h23H,4-22H2,1-3H3. The second-order valence-electron chi connectivity index (χ2n) is 7.75. The Morgan fingerprint density at radius 1 is 0.560 bits per heavy atom. The van der Waals surface area contributed by atoms with E-state index in [9.17, 15) is 0 Å². The quantitative estimate of drug-likeness (QED) is 0.198. The molecule has 1 unspecified atom stereocenters. The maximum absolute atomic E-state index is 5.83. The minimum atomic E-state index is 0.724. The smallest absolute Gasteiger partial charge is 0.0700 e. The van der Waals surface area contributed by atoms with Crippen LogP contribution in [0.5, 0.6) is 0 Å². The van der Waals surface area contributed by atoms with Gasteiger partial charge in [0.25, 0.3) is 0 Å². The minimum absolute atomic E-state index is 0.724. The van der Waals surface area contributed by atoms with Crippen LogP contribution in [0.2, 0.25) is 0 Å². The summed E-state index contributed by atoms with van der Waals surface area (Å²) < 4.78 is 10.9. The van der Waals surface area contributed by atoms with Crippen molar-refractivity contribution in [1.82, 2.24) is 0 Å². The maximum atomic E-state index is 5.83. The van der Waals surface area contributed by atoms with Crippen molar-refractivity contribution < 1.29 is 9.47 Å². The van der Waals surface area contributed by atoms with Gasteiger partial charge in [0, 0.05) is 13.7 Å². The highest BCUT2D eigenvalue weighted by Gasteiger charge is 2.09. The Balaban J connectivity index is 3.69. The van der Waals surface area contributed by atoms with Crippen molar-refractivity contribution in [3.8, 4) is 0 Å². The normalized spacial score (nSPS) is 12.6. The molecule has 0 aromatic rings. The lowest BCUT2D eigenvalue weighted by molar-refractivity contribution is 0.0469. The molecule has 0 aliphatic rings. The number of hydrogen-bond donors (Lipinski definition) is 0. The number of unbranched alkanes of at least 4 members (excludes halogenated alkanes) is 12. The Kier molecular flexibility index (Phi) is 21.9. The van der Waals surface area contributed by atoms with E-state index in [1.807, 2.05) is 0 Å². The molecule has 0 radical (unpaired) electrons. The van der Waals surface area contributed by atoms with E-state index in [4.69, 9.17) is 9.47 Å². The van der Waals surface area contributed by atoms with Crippen LogP contribution >= 0.6 is 0 Å². The molecule has 0 rings (SSSR count). The Bertz CT molecular complexity index is 230. The topological polar surface area (TPSA) is 18.5 Å². The van der Waals surface area contributed by atoms with Crippen LogP contribution < -0.4 is 0 Å². The van der Waals surface area contributed by atoms with E-state index in [-0.39, 0.29) is 0 Å². The van der Waals surface area contributed by atoms with Crippen molar-refractivity contribution in [1.29, 1.82) is 0 Å². The molecule has 0 N–H and O–H groups in total. The predicted octanol–water partition coefficient (Wildman–Crippen LogP) is 7.55. The predicted molar refractivity (Wildman–Crippen MR) is 111 cm³/mol. The van der Waals surface area contributed by atoms with E-state index in [0.717, 1.165) is 25.7 Å². The fraction of sp³-hybridized carbons (Fsp3) is 1.00. The third kappa shape index (κ3) is 20.1. The van der Waals surface area contributed by atoms with E-state index in [2.05, 4.69) is 13.8 Å². The first-order valence-corrected chi connectivity index (χ1v) is 11.4. The number of ether oxygens (including phenoxy) is 2. The van der Waals surface area contributed by atoms with E-state index in [0.29, 0.717) is 0 Å². The average Bonchev–Trinajstić information content (AvgIpc) is 2.63. The van der Waals surface area contributed by atoms with Crippen LogP contribution in [-0.4, -0.2) is 26.9 Å². The van der Waals surface area contributed by atoms with Gasteiger partial charge >= 0.3 is 0 Å². The lowest BCUT2D eigenvalue weighted by atomic mass is 9.94. The van der Waals surface area contributed by atoms with Crippen molar-refractivity contribution in [3.63, 3.8) is 0 Å². The molecule has 0 aromatic heterocycles. The van der Waals surface area contributed by atoms with Crippen LogP contribution in [-0.2, 0) is 9.47 Å². The molecule has 0 saturated carbocycles. The van der Waals surface area contributed by atoms with Gasteiger partial charge in [0.2, 0.25) is 0 Å². The Morgan fingerprint density at radius 3 is 1.44 bits per heavy atom. The Morgan fingerprint density at radius 2 is 1.00 bits per heavy atom. The molecule has 152 valence electrons. The van der Waals surface area contributed by atoms with Gasteiger partial charge in [0.15, 0.2) is 0 Å². The van der Waals surface area contributed by atoms with Crippen LogP contribution in [0.25, 0.3) is 0 Å². The van der Waals surface area contributed by atoms with Crippen LogP contribution in [0.3, 0.4) is 0 Å². The summed E-state index contributed by atoms with van der Waals surface area (Å²) in [6, 6.07) is 0. The first-order valence-electron chi connectivity index (χ1n) is 11.4. The third-order valence-corrected chi connectivity index (χ3v) is 5.22. The van der Waals surface area contributed by atoms with Crippen LogP contribution in [0.15, 0.2) is 0 Å². The second-order valence-corrected chi connectivity index (χ2v) is 7.75. The summed E-state index contributed by atoms with van der Waals surface area (Å²) in [7, 11) is 1.75. The van der Waals surface area contributed by atoms with E-state index < -0.39 is 0 Å². The molecule has 0 heterocycles. The van der Waals surface area contributed by atoms with Crippen molar-refractivity contribution in [2.45, 2.75) is 117 Å². The van der Waals surface area contributed by atoms with Gasteiger partial charge in [-0.15, -0.1) is 0 Å². The number of rotatable bonds is 21. The summed E-state index contributed by atoms with van der Waals surface area (Å²) in [5, 5.41) is 0. The van der Waals surface area contributed by atoms with Gasteiger partial charge in [0.05, 0.1) is 13.2 Å².